The predicted octanol–water partition coefficient (Wildman–Crippen LogP) is 5.11. The summed E-state index contributed by atoms with van der Waals surface area (Å²) in [5.41, 5.74) is 3.20. The number of nitro benzene ring substituents is 1. The zero-order valence-electron chi connectivity index (χ0n) is 13.7. The number of nitro groups is 1. The minimum Gasteiger partial charge on any atom is -0.494 e. The van der Waals surface area contributed by atoms with Crippen molar-refractivity contribution in [1.82, 2.24) is 5.43 Å². The summed E-state index contributed by atoms with van der Waals surface area (Å²) in [6.45, 7) is 0. The van der Waals surface area contributed by atoms with E-state index in [1.165, 1.54) is 29.7 Å². The van der Waals surface area contributed by atoms with E-state index in [1.807, 2.05) is 0 Å². The fourth-order valence-corrected chi connectivity index (χ4v) is 4.80. The lowest BCUT2D eigenvalue weighted by molar-refractivity contribution is -0.384. The number of carbonyl (C=O) groups excluding carboxylic acids is 1. The minimum absolute atomic E-state index is 0.0130. The maximum atomic E-state index is 12.3. The fourth-order valence-electron chi connectivity index (χ4n) is 2.33. The molecule has 0 fully saturated rings. The van der Waals surface area contributed by atoms with Gasteiger partial charge in [0.1, 0.15) is 5.75 Å². The highest BCUT2D eigenvalue weighted by Crippen LogP contribution is 2.34. The first kappa shape index (κ1) is 19.5. The van der Waals surface area contributed by atoms with Crippen LogP contribution in [0.15, 0.2) is 50.4 Å². The normalized spacial score (nSPS) is 11.1. The van der Waals surface area contributed by atoms with Crippen molar-refractivity contribution in [2.45, 2.75) is 0 Å². The molecule has 0 spiro atoms. The van der Waals surface area contributed by atoms with Gasteiger partial charge in [-0.05, 0) is 61.7 Å². The fraction of sp³-hybridized carbons (Fsp3) is 0.0588. The molecule has 1 amide bonds. The SMILES string of the molecule is COc1c(Br)cc(/C=N\NC(=O)c2cc3cc([N+](=O)[O-])ccc3s2)cc1Br. The number of amides is 1. The number of carbonyl (C=O) groups is 1. The van der Waals surface area contributed by atoms with Gasteiger partial charge in [0.25, 0.3) is 11.6 Å². The van der Waals surface area contributed by atoms with Crippen molar-refractivity contribution >= 4 is 71.1 Å². The molecule has 2 aromatic carbocycles. The molecule has 3 rings (SSSR count). The monoisotopic (exact) mass is 511 g/mol. The van der Waals surface area contributed by atoms with Crippen LogP contribution in [0.3, 0.4) is 0 Å². The lowest BCUT2D eigenvalue weighted by atomic mass is 10.2. The maximum Gasteiger partial charge on any atom is 0.281 e. The van der Waals surface area contributed by atoms with Gasteiger partial charge < -0.3 is 4.74 Å². The van der Waals surface area contributed by atoms with Crippen LogP contribution in [0.2, 0.25) is 0 Å². The van der Waals surface area contributed by atoms with Gasteiger partial charge in [0, 0.05) is 22.2 Å². The molecule has 7 nitrogen and oxygen atoms in total. The second kappa shape index (κ2) is 8.15. The maximum absolute atomic E-state index is 12.3. The molecular formula is C17H11Br2N3O4S. The molecule has 10 heteroatoms. The highest BCUT2D eigenvalue weighted by Gasteiger charge is 2.13. The predicted molar refractivity (Wildman–Crippen MR) is 112 cm³/mol. The van der Waals surface area contributed by atoms with Gasteiger partial charge in [-0.15, -0.1) is 11.3 Å². The summed E-state index contributed by atoms with van der Waals surface area (Å²) in [4.78, 5) is 23.1. The highest BCUT2D eigenvalue weighted by atomic mass is 79.9. The number of halogens is 2. The molecule has 0 aliphatic heterocycles. The molecular weight excluding hydrogens is 502 g/mol. The molecule has 0 bridgehead atoms. The molecule has 1 aromatic heterocycles. The van der Waals surface area contributed by atoms with Crippen LogP contribution in [0, 0.1) is 10.1 Å². The van der Waals surface area contributed by atoms with Crippen LogP contribution in [0.25, 0.3) is 10.1 Å². The minimum atomic E-state index is -0.466. The van der Waals surface area contributed by atoms with Gasteiger partial charge in [-0.25, -0.2) is 5.43 Å². The van der Waals surface area contributed by atoms with Gasteiger partial charge >= 0.3 is 0 Å². The molecule has 0 unspecified atom stereocenters. The number of fused-ring (bicyclic) bond motifs is 1. The summed E-state index contributed by atoms with van der Waals surface area (Å²) in [6.07, 6.45) is 1.50. The van der Waals surface area contributed by atoms with E-state index in [-0.39, 0.29) is 11.6 Å². The van der Waals surface area contributed by atoms with Crippen LogP contribution in [0.1, 0.15) is 15.2 Å². The highest BCUT2D eigenvalue weighted by molar-refractivity contribution is 9.11. The Morgan fingerprint density at radius 3 is 2.59 bits per heavy atom. The average Bonchev–Trinajstić information content (AvgIpc) is 3.04. The number of nitrogens with one attached hydrogen (secondary N) is 1. The third-order valence-corrected chi connectivity index (χ3v) is 5.83. The van der Waals surface area contributed by atoms with Crippen LogP contribution in [0.5, 0.6) is 5.75 Å². The van der Waals surface area contributed by atoms with Gasteiger partial charge in [-0.3, -0.25) is 14.9 Å². The number of rotatable bonds is 5. The first-order valence-corrected chi connectivity index (χ1v) is 9.83. The van der Waals surface area contributed by atoms with E-state index < -0.39 is 4.92 Å². The zero-order chi connectivity index (χ0) is 19.6. The van der Waals surface area contributed by atoms with Gasteiger partial charge in [-0.2, -0.15) is 5.10 Å². The molecule has 3 aromatic rings. The Hall–Kier alpha value is -2.30. The van der Waals surface area contributed by atoms with E-state index in [2.05, 4.69) is 42.4 Å². The van der Waals surface area contributed by atoms with Gasteiger partial charge in [-0.1, -0.05) is 0 Å². The van der Waals surface area contributed by atoms with Crippen LogP contribution in [-0.2, 0) is 0 Å². The van der Waals surface area contributed by atoms with Crippen LogP contribution in [0.4, 0.5) is 5.69 Å². The van der Waals surface area contributed by atoms with E-state index in [0.717, 1.165) is 19.2 Å². The van der Waals surface area contributed by atoms with Gasteiger partial charge in [0.2, 0.25) is 0 Å². The summed E-state index contributed by atoms with van der Waals surface area (Å²) in [5, 5.41) is 15.5. The largest absolute Gasteiger partial charge is 0.494 e. The standard InChI is InChI=1S/C17H11Br2N3O4S/c1-26-16-12(18)4-9(5-13(16)19)8-20-21-17(23)15-7-10-6-11(22(24)25)2-3-14(10)27-15/h2-8H,1H3,(H,21,23)/b20-8-. The number of nitrogens with zero attached hydrogens (tertiary/aromatic N) is 2. The van der Waals surface area contributed by atoms with Crippen LogP contribution >= 0.6 is 43.2 Å². The molecule has 0 aliphatic carbocycles. The van der Waals surface area contributed by atoms with Crippen LogP contribution < -0.4 is 10.2 Å². The van der Waals surface area contributed by atoms with E-state index >= 15 is 0 Å². The van der Waals surface area contributed by atoms with Crippen molar-refractivity contribution in [2.75, 3.05) is 7.11 Å². The lowest BCUT2D eigenvalue weighted by Gasteiger charge is -2.06. The third kappa shape index (κ3) is 4.34. The van der Waals surface area contributed by atoms with Crippen molar-refractivity contribution in [2.24, 2.45) is 5.10 Å². The molecule has 0 saturated heterocycles. The number of ether oxygens (including phenoxy) is 1. The Morgan fingerprint density at radius 1 is 1.26 bits per heavy atom. The number of hydrazone groups is 1. The Labute approximate surface area is 174 Å². The molecule has 1 N–H and O–H groups in total. The topological polar surface area (TPSA) is 93.8 Å². The Morgan fingerprint density at radius 2 is 1.96 bits per heavy atom. The van der Waals surface area contributed by atoms with Crippen molar-refractivity contribution in [3.63, 3.8) is 0 Å². The van der Waals surface area contributed by atoms with Crippen molar-refractivity contribution in [3.8, 4) is 5.75 Å². The molecule has 0 radical (unpaired) electrons. The number of benzene rings is 2. The quantitative estimate of drug-likeness (QED) is 0.292. The van der Waals surface area contributed by atoms with E-state index in [9.17, 15) is 14.9 Å². The first-order chi connectivity index (χ1) is 12.9. The average molecular weight is 513 g/mol. The Bertz CT molecular complexity index is 1060. The molecule has 0 saturated carbocycles. The van der Waals surface area contributed by atoms with Crippen LogP contribution in [-0.4, -0.2) is 24.2 Å². The van der Waals surface area contributed by atoms with E-state index in [1.54, 1.807) is 31.4 Å². The number of hydrogen-bond acceptors (Lipinski definition) is 6. The second-order valence-electron chi connectivity index (χ2n) is 5.31. The lowest BCUT2D eigenvalue weighted by Crippen LogP contribution is -2.16. The zero-order valence-corrected chi connectivity index (χ0v) is 17.7. The van der Waals surface area contributed by atoms with Gasteiger partial charge in [0.05, 0.1) is 32.1 Å². The summed E-state index contributed by atoms with van der Waals surface area (Å²) >= 11 is 8.04. The summed E-state index contributed by atoms with van der Waals surface area (Å²) in [7, 11) is 1.57. The Kier molecular flexibility index (Phi) is 5.88. The molecule has 0 aliphatic rings. The number of non-ortho nitro benzene ring substituents is 1. The number of hydrogen-bond donors (Lipinski definition) is 1. The van der Waals surface area contributed by atoms with E-state index in [4.69, 9.17) is 4.74 Å². The second-order valence-corrected chi connectivity index (χ2v) is 8.10. The summed E-state index contributed by atoms with van der Waals surface area (Å²) in [6, 6.07) is 9.70. The third-order valence-electron chi connectivity index (χ3n) is 3.54. The Balaban J connectivity index is 1.75. The smallest absolute Gasteiger partial charge is 0.281 e. The van der Waals surface area contributed by atoms with E-state index in [0.29, 0.717) is 16.0 Å². The molecule has 0 atom stereocenters. The summed E-state index contributed by atoms with van der Waals surface area (Å²) in [5.74, 6) is 0.275. The van der Waals surface area contributed by atoms with Crippen molar-refractivity contribution in [1.29, 1.82) is 0 Å². The number of methoxy groups -OCH3 is 1. The van der Waals surface area contributed by atoms with Gasteiger partial charge in [0.15, 0.2) is 0 Å². The van der Waals surface area contributed by atoms with Crippen molar-refractivity contribution < 1.29 is 14.5 Å². The molecule has 27 heavy (non-hydrogen) atoms. The summed E-state index contributed by atoms with van der Waals surface area (Å²) < 4.78 is 7.52. The molecule has 138 valence electrons. The first-order valence-electron chi connectivity index (χ1n) is 7.43. The van der Waals surface area contributed by atoms with Crippen molar-refractivity contribution in [3.05, 3.63) is 65.9 Å². The molecule has 1 heterocycles. The number of thiophene rings is 1.